The fraction of sp³-hybridized carbons (Fsp3) is 0.111. The molecule has 0 aliphatic rings. The van der Waals surface area contributed by atoms with E-state index in [0.29, 0.717) is 28.8 Å². The Morgan fingerprint density at radius 2 is 1.80 bits per heavy atom. The first kappa shape index (κ1) is 17.0. The molecule has 0 saturated carbocycles. The molecule has 7 heteroatoms. The van der Waals surface area contributed by atoms with Crippen LogP contribution in [0.3, 0.4) is 0 Å². The van der Waals surface area contributed by atoms with Gasteiger partial charge in [-0.15, -0.1) is 0 Å². The third kappa shape index (κ3) is 3.66. The van der Waals surface area contributed by atoms with Crippen molar-refractivity contribution in [2.24, 2.45) is 0 Å². The van der Waals surface area contributed by atoms with E-state index in [9.17, 15) is 9.59 Å². The molecule has 3 rings (SSSR count). The predicted octanol–water partition coefficient (Wildman–Crippen LogP) is 4.20. The van der Waals surface area contributed by atoms with Crippen LogP contribution in [0.1, 0.15) is 11.4 Å². The van der Waals surface area contributed by atoms with Gasteiger partial charge in [0.05, 0.1) is 28.1 Å². The van der Waals surface area contributed by atoms with Crippen LogP contribution in [0.25, 0.3) is 11.0 Å². The fourth-order valence-electron chi connectivity index (χ4n) is 2.34. The standard InChI is InChI=1S/C18H15BrN4O2/c1-11-12(2)21-17-9-15(6-7-16(17)20-11)23(10-24)18(25)22-14-5-3-4-13(19)8-14/h3-10H,1-2H3,(H,22,25). The first-order valence-corrected chi connectivity index (χ1v) is 8.33. The van der Waals surface area contributed by atoms with Gasteiger partial charge in [0.2, 0.25) is 6.41 Å². The number of hydrogen-bond donors (Lipinski definition) is 1. The highest BCUT2D eigenvalue weighted by atomic mass is 79.9. The highest BCUT2D eigenvalue weighted by Gasteiger charge is 2.16. The van der Waals surface area contributed by atoms with Crippen molar-refractivity contribution >= 4 is 50.8 Å². The van der Waals surface area contributed by atoms with Crippen LogP contribution in [-0.4, -0.2) is 22.4 Å². The van der Waals surface area contributed by atoms with Gasteiger partial charge in [0.15, 0.2) is 0 Å². The predicted molar refractivity (Wildman–Crippen MR) is 101 cm³/mol. The van der Waals surface area contributed by atoms with Gasteiger partial charge in [-0.05, 0) is 50.2 Å². The van der Waals surface area contributed by atoms with Gasteiger partial charge in [-0.25, -0.2) is 19.7 Å². The maximum atomic E-state index is 12.4. The summed E-state index contributed by atoms with van der Waals surface area (Å²) in [4.78, 5) is 33.8. The van der Waals surface area contributed by atoms with E-state index in [4.69, 9.17) is 0 Å². The molecule has 0 bridgehead atoms. The Bertz CT molecular complexity index is 974. The zero-order valence-corrected chi connectivity index (χ0v) is 15.2. The highest BCUT2D eigenvalue weighted by molar-refractivity contribution is 9.10. The Morgan fingerprint density at radius 3 is 2.48 bits per heavy atom. The van der Waals surface area contributed by atoms with Crippen molar-refractivity contribution in [2.45, 2.75) is 13.8 Å². The molecular formula is C18H15BrN4O2. The normalized spacial score (nSPS) is 10.5. The van der Waals surface area contributed by atoms with Crippen molar-refractivity contribution in [3.8, 4) is 0 Å². The van der Waals surface area contributed by atoms with E-state index in [1.807, 2.05) is 19.9 Å². The number of halogens is 1. The number of nitrogens with zero attached hydrogens (tertiary/aromatic N) is 3. The summed E-state index contributed by atoms with van der Waals surface area (Å²) in [6.07, 6.45) is 0.475. The number of anilines is 2. The molecule has 1 N–H and O–H groups in total. The minimum absolute atomic E-state index is 0.424. The van der Waals surface area contributed by atoms with Crippen LogP contribution < -0.4 is 10.2 Å². The number of benzene rings is 2. The summed E-state index contributed by atoms with van der Waals surface area (Å²) in [6, 6.07) is 11.7. The molecule has 0 atom stereocenters. The molecule has 1 heterocycles. The molecule has 0 saturated heterocycles. The van der Waals surface area contributed by atoms with Gasteiger partial charge in [-0.1, -0.05) is 22.0 Å². The van der Waals surface area contributed by atoms with E-state index in [-0.39, 0.29) is 0 Å². The maximum Gasteiger partial charge on any atom is 0.332 e. The molecule has 126 valence electrons. The number of fused-ring (bicyclic) bond motifs is 1. The Hall–Kier alpha value is -2.80. The second kappa shape index (κ2) is 6.98. The number of carbonyl (C=O) groups excluding carboxylic acids is 2. The molecule has 3 amide bonds. The van der Waals surface area contributed by atoms with Gasteiger partial charge in [0.25, 0.3) is 0 Å². The molecule has 0 aliphatic carbocycles. The van der Waals surface area contributed by atoms with Gasteiger partial charge in [-0.2, -0.15) is 0 Å². The topological polar surface area (TPSA) is 75.2 Å². The van der Waals surface area contributed by atoms with Crippen molar-refractivity contribution in [1.29, 1.82) is 0 Å². The number of urea groups is 1. The van der Waals surface area contributed by atoms with Crippen LogP contribution in [0.4, 0.5) is 16.2 Å². The van der Waals surface area contributed by atoms with E-state index < -0.39 is 6.03 Å². The van der Waals surface area contributed by atoms with Gasteiger partial charge in [-0.3, -0.25) is 4.79 Å². The second-order valence-electron chi connectivity index (χ2n) is 5.48. The lowest BCUT2D eigenvalue weighted by Gasteiger charge is -2.17. The summed E-state index contributed by atoms with van der Waals surface area (Å²) >= 11 is 3.34. The Kier molecular flexibility index (Phi) is 4.76. The number of amides is 3. The minimum Gasteiger partial charge on any atom is -0.307 e. The largest absolute Gasteiger partial charge is 0.332 e. The molecule has 0 radical (unpaired) electrons. The Morgan fingerprint density at radius 1 is 1.08 bits per heavy atom. The molecule has 25 heavy (non-hydrogen) atoms. The molecule has 0 spiro atoms. The second-order valence-corrected chi connectivity index (χ2v) is 6.40. The summed E-state index contributed by atoms with van der Waals surface area (Å²) in [5.41, 5.74) is 4.00. The number of imide groups is 1. The lowest BCUT2D eigenvalue weighted by molar-refractivity contribution is -0.106. The van der Waals surface area contributed by atoms with Crippen LogP contribution in [-0.2, 0) is 4.79 Å². The van der Waals surface area contributed by atoms with Gasteiger partial charge in [0.1, 0.15) is 0 Å². The van der Waals surface area contributed by atoms with E-state index >= 15 is 0 Å². The van der Waals surface area contributed by atoms with Crippen LogP contribution in [0.15, 0.2) is 46.9 Å². The minimum atomic E-state index is -0.552. The van der Waals surface area contributed by atoms with Crippen molar-refractivity contribution in [1.82, 2.24) is 9.97 Å². The molecule has 3 aromatic rings. The quantitative estimate of drug-likeness (QED) is 0.670. The number of aryl methyl sites for hydroxylation is 2. The molecule has 6 nitrogen and oxygen atoms in total. The van der Waals surface area contributed by atoms with Crippen LogP contribution in [0.5, 0.6) is 0 Å². The molecular weight excluding hydrogens is 384 g/mol. The lowest BCUT2D eigenvalue weighted by atomic mass is 10.2. The van der Waals surface area contributed by atoms with Gasteiger partial charge >= 0.3 is 6.03 Å². The van der Waals surface area contributed by atoms with Gasteiger partial charge < -0.3 is 5.32 Å². The average Bonchev–Trinajstić information content (AvgIpc) is 2.57. The molecule has 0 aliphatic heterocycles. The van der Waals surface area contributed by atoms with Gasteiger partial charge in [0, 0.05) is 10.2 Å². The Balaban J connectivity index is 1.92. The van der Waals surface area contributed by atoms with Crippen LogP contribution >= 0.6 is 15.9 Å². The monoisotopic (exact) mass is 398 g/mol. The zero-order valence-electron chi connectivity index (χ0n) is 13.7. The first-order valence-electron chi connectivity index (χ1n) is 7.54. The van der Waals surface area contributed by atoms with E-state index in [2.05, 4.69) is 31.2 Å². The molecule has 0 fully saturated rings. The van der Waals surface area contributed by atoms with Crippen molar-refractivity contribution < 1.29 is 9.59 Å². The lowest BCUT2D eigenvalue weighted by Crippen LogP contribution is -2.33. The number of hydrogen-bond acceptors (Lipinski definition) is 4. The van der Waals surface area contributed by atoms with E-state index in [1.165, 1.54) is 0 Å². The number of aromatic nitrogens is 2. The van der Waals surface area contributed by atoms with Crippen LogP contribution in [0.2, 0.25) is 0 Å². The molecule has 1 aromatic heterocycles. The molecule has 0 unspecified atom stereocenters. The number of rotatable bonds is 3. The third-order valence-electron chi connectivity index (χ3n) is 3.74. The molecule has 2 aromatic carbocycles. The Labute approximate surface area is 153 Å². The van der Waals surface area contributed by atoms with Crippen LogP contribution in [0, 0.1) is 13.8 Å². The summed E-state index contributed by atoms with van der Waals surface area (Å²) in [6.45, 7) is 3.75. The number of carbonyl (C=O) groups is 2. The SMILES string of the molecule is Cc1nc2ccc(N(C=O)C(=O)Nc3cccc(Br)c3)cc2nc1C. The smallest absolute Gasteiger partial charge is 0.307 e. The van der Waals surface area contributed by atoms with Crippen molar-refractivity contribution in [3.63, 3.8) is 0 Å². The summed E-state index contributed by atoms with van der Waals surface area (Å²) in [5.74, 6) is 0. The summed E-state index contributed by atoms with van der Waals surface area (Å²) < 4.78 is 0.828. The maximum absolute atomic E-state index is 12.4. The van der Waals surface area contributed by atoms with Crippen molar-refractivity contribution in [3.05, 3.63) is 58.3 Å². The van der Waals surface area contributed by atoms with E-state index in [0.717, 1.165) is 20.8 Å². The summed E-state index contributed by atoms with van der Waals surface area (Å²) in [5, 5.41) is 2.69. The fourth-order valence-corrected chi connectivity index (χ4v) is 2.74. The zero-order chi connectivity index (χ0) is 18.0. The first-order chi connectivity index (χ1) is 12.0. The highest BCUT2D eigenvalue weighted by Crippen LogP contribution is 2.22. The van der Waals surface area contributed by atoms with E-state index in [1.54, 1.807) is 36.4 Å². The summed E-state index contributed by atoms with van der Waals surface area (Å²) in [7, 11) is 0. The average molecular weight is 399 g/mol. The number of nitrogens with one attached hydrogen (secondary N) is 1. The third-order valence-corrected chi connectivity index (χ3v) is 4.23. The van der Waals surface area contributed by atoms with Crippen molar-refractivity contribution in [2.75, 3.05) is 10.2 Å².